The molecule has 3 aromatic rings. The Bertz CT molecular complexity index is 848. The number of nitrogens with one attached hydrogen (secondary N) is 2. The minimum atomic E-state index is -0.832. The van der Waals surface area contributed by atoms with Gasteiger partial charge in [-0.3, -0.25) is 9.89 Å². The number of aromatic nitrogens is 2. The Kier molecular flexibility index (Phi) is 4.64. The Hall–Kier alpha value is -2.40. The zero-order valence-corrected chi connectivity index (χ0v) is 15.9. The van der Waals surface area contributed by atoms with Gasteiger partial charge in [-0.2, -0.15) is 5.10 Å². The highest BCUT2D eigenvalue weighted by atomic mass is 79.9. The fourth-order valence-corrected chi connectivity index (χ4v) is 4.22. The van der Waals surface area contributed by atoms with Crippen molar-refractivity contribution in [3.05, 3.63) is 83.6 Å². The summed E-state index contributed by atoms with van der Waals surface area (Å²) in [5.74, 6) is 1.05. The highest BCUT2D eigenvalue weighted by Gasteiger charge is 2.41. The Morgan fingerprint density at radius 3 is 2.15 bits per heavy atom. The van der Waals surface area contributed by atoms with E-state index < -0.39 is 5.41 Å². The van der Waals surface area contributed by atoms with Gasteiger partial charge in [0.1, 0.15) is 5.41 Å². The number of halogens is 1. The molecule has 0 aliphatic heterocycles. The molecule has 4 nitrogen and oxygen atoms in total. The van der Waals surface area contributed by atoms with E-state index in [1.54, 1.807) is 0 Å². The zero-order valence-electron chi connectivity index (χ0n) is 14.3. The third kappa shape index (κ3) is 3.07. The van der Waals surface area contributed by atoms with E-state index in [1.165, 1.54) is 12.8 Å². The lowest BCUT2D eigenvalue weighted by Gasteiger charge is -2.31. The van der Waals surface area contributed by atoms with Gasteiger partial charge in [0.15, 0.2) is 5.82 Å². The first-order valence-corrected chi connectivity index (χ1v) is 9.90. The molecule has 1 aliphatic carbocycles. The van der Waals surface area contributed by atoms with E-state index in [2.05, 4.69) is 31.4 Å². The molecular formula is C21H20BrN3O. The fraction of sp³-hybridized carbons (Fsp3) is 0.238. The van der Waals surface area contributed by atoms with Gasteiger partial charge in [-0.25, -0.2) is 0 Å². The minimum Gasteiger partial charge on any atom is -0.308 e. The summed E-state index contributed by atoms with van der Waals surface area (Å²) >= 11 is 3.61. The standard InChI is InChI=1S/C21H20BrN3O/c22-14-21(16-7-3-1-4-8-16,17-9-5-2-6-10-17)20(26)23-19-13-18(24-25-19)15-11-12-15/h1-10,13,15H,11-12,14H2,(H2,23,24,25,26). The number of hydrogen-bond donors (Lipinski definition) is 2. The lowest BCUT2D eigenvalue weighted by atomic mass is 9.75. The van der Waals surface area contributed by atoms with Gasteiger partial charge in [0.2, 0.25) is 5.91 Å². The Labute approximate surface area is 161 Å². The highest BCUT2D eigenvalue weighted by Crippen LogP contribution is 2.40. The average Bonchev–Trinajstić information content (AvgIpc) is 3.44. The number of rotatable bonds is 6. The molecule has 132 valence electrons. The molecule has 1 amide bonds. The third-order valence-corrected chi connectivity index (χ3v) is 5.82. The molecule has 0 atom stereocenters. The number of amides is 1. The summed E-state index contributed by atoms with van der Waals surface area (Å²) in [6, 6.07) is 21.7. The Morgan fingerprint density at radius 2 is 1.65 bits per heavy atom. The van der Waals surface area contributed by atoms with E-state index >= 15 is 0 Å². The maximum atomic E-state index is 13.5. The molecule has 26 heavy (non-hydrogen) atoms. The lowest BCUT2D eigenvalue weighted by Crippen LogP contribution is -2.43. The van der Waals surface area contributed by atoms with Crippen molar-refractivity contribution >= 4 is 27.7 Å². The zero-order chi connectivity index (χ0) is 18.0. The van der Waals surface area contributed by atoms with E-state index in [4.69, 9.17) is 0 Å². The minimum absolute atomic E-state index is 0.0966. The van der Waals surface area contributed by atoms with Gasteiger partial charge in [-0.05, 0) is 24.0 Å². The summed E-state index contributed by atoms with van der Waals surface area (Å²) in [5, 5.41) is 10.8. The molecular weight excluding hydrogens is 390 g/mol. The average molecular weight is 410 g/mol. The summed E-state index contributed by atoms with van der Waals surface area (Å²) in [6.45, 7) is 0. The van der Waals surface area contributed by atoms with Crippen molar-refractivity contribution in [1.82, 2.24) is 10.2 Å². The number of nitrogens with zero attached hydrogens (tertiary/aromatic N) is 1. The molecule has 4 rings (SSSR count). The van der Waals surface area contributed by atoms with Crippen LogP contribution in [0.3, 0.4) is 0 Å². The number of alkyl halides is 1. The van der Waals surface area contributed by atoms with Crippen molar-refractivity contribution in [2.75, 3.05) is 10.6 Å². The highest BCUT2D eigenvalue weighted by molar-refractivity contribution is 9.09. The fourth-order valence-electron chi connectivity index (χ4n) is 3.32. The molecule has 0 bridgehead atoms. The van der Waals surface area contributed by atoms with Crippen LogP contribution in [0.4, 0.5) is 5.82 Å². The second-order valence-electron chi connectivity index (χ2n) is 6.71. The van der Waals surface area contributed by atoms with E-state index in [0.29, 0.717) is 17.1 Å². The van der Waals surface area contributed by atoms with Crippen molar-refractivity contribution in [2.45, 2.75) is 24.2 Å². The maximum Gasteiger partial charge on any atom is 0.241 e. The first-order valence-electron chi connectivity index (χ1n) is 8.78. The van der Waals surface area contributed by atoms with E-state index in [9.17, 15) is 4.79 Å². The van der Waals surface area contributed by atoms with Crippen LogP contribution in [0.15, 0.2) is 66.7 Å². The summed E-state index contributed by atoms with van der Waals surface area (Å²) in [6.07, 6.45) is 2.38. The second-order valence-corrected chi connectivity index (χ2v) is 7.27. The molecule has 0 unspecified atom stereocenters. The van der Waals surface area contributed by atoms with Gasteiger partial charge in [0.25, 0.3) is 0 Å². The van der Waals surface area contributed by atoms with Gasteiger partial charge in [-0.1, -0.05) is 76.6 Å². The molecule has 1 saturated carbocycles. The van der Waals surface area contributed by atoms with Crippen LogP contribution < -0.4 is 5.32 Å². The number of benzene rings is 2. The van der Waals surface area contributed by atoms with Gasteiger partial charge in [0.05, 0.1) is 0 Å². The van der Waals surface area contributed by atoms with Gasteiger partial charge in [-0.15, -0.1) is 0 Å². The number of H-pyrrole nitrogens is 1. The number of carbonyl (C=O) groups is 1. The normalized spacial score (nSPS) is 14.2. The van der Waals surface area contributed by atoms with Crippen LogP contribution in [0.25, 0.3) is 0 Å². The lowest BCUT2D eigenvalue weighted by molar-refractivity contribution is -0.119. The second kappa shape index (κ2) is 7.08. The molecule has 0 spiro atoms. The number of anilines is 1. The molecule has 5 heteroatoms. The predicted molar refractivity (Wildman–Crippen MR) is 107 cm³/mol. The molecule has 0 radical (unpaired) electrons. The smallest absolute Gasteiger partial charge is 0.241 e. The van der Waals surface area contributed by atoms with Crippen LogP contribution in [-0.2, 0) is 10.2 Å². The van der Waals surface area contributed by atoms with Gasteiger partial charge in [0, 0.05) is 23.0 Å². The van der Waals surface area contributed by atoms with Crippen molar-refractivity contribution in [2.24, 2.45) is 0 Å². The first kappa shape index (κ1) is 17.0. The van der Waals surface area contributed by atoms with Crippen molar-refractivity contribution < 1.29 is 4.79 Å². The monoisotopic (exact) mass is 409 g/mol. The summed E-state index contributed by atoms with van der Waals surface area (Å²) in [5.41, 5.74) is 2.16. The van der Waals surface area contributed by atoms with Crippen molar-refractivity contribution in [3.8, 4) is 0 Å². The van der Waals surface area contributed by atoms with Crippen LogP contribution in [0.1, 0.15) is 35.6 Å². The van der Waals surface area contributed by atoms with Gasteiger partial charge < -0.3 is 5.32 Å². The molecule has 2 N–H and O–H groups in total. The molecule has 2 aromatic carbocycles. The topological polar surface area (TPSA) is 57.8 Å². The van der Waals surface area contributed by atoms with Crippen molar-refractivity contribution in [1.29, 1.82) is 0 Å². The Morgan fingerprint density at radius 1 is 1.08 bits per heavy atom. The van der Waals surface area contributed by atoms with E-state index in [1.807, 2.05) is 66.7 Å². The first-order chi connectivity index (χ1) is 12.7. The van der Waals surface area contributed by atoms with Gasteiger partial charge >= 0.3 is 0 Å². The van der Waals surface area contributed by atoms with Crippen LogP contribution >= 0.6 is 15.9 Å². The molecule has 1 fully saturated rings. The van der Waals surface area contributed by atoms with E-state index in [0.717, 1.165) is 16.8 Å². The third-order valence-electron chi connectivity index (χ3n) is 4.98. The Balaban J connectivity index is 1.72. The maximum absolute atomic E-state index is 13.5. The predicted octanol–water partition coefficient (Wildman–Crippen LogP) is 4.61. The molecule has 1 aliphatic rings. The van der Waals surface area contributed by atoms with Crippen molar-refractivity contribution in [3.63, 3.8) is 0 Å². The number of aromatic amines is 1. The largest absolute Gasteiger partial charge is 0.308 e. The molecule has 0 saturated heterocycles. The summed E-state index contributed by atoms with van der Waals surface area (Å²) in [4.78, 5) is 13.5. The van der Waals surface area contributed by atoms with Crippen LogP contribution in [0, 0.1) is 0 Å². The quantitative estimate of drug-likeness (QED) is 0.584. The SMILES string of the molecule is O=C(Nc1cc(C2CC2)[nH]n1)C(CBr)(c1ccccc1)c1ccccc1. The van der Waals surface area contributed by atoms with Crippen LogP contribution in [-0.4, -0.2) is 21.4 Å². The molecule has 1 heterocycles. The number of carbonyl (C=O) groups excluding carboxylic acids is 1. The van der Waals surface area contributed by atoms with E-state index in [-0.39, 0.29) is 5.91 Å². The van der Waals surface area contributed by atoms with Crippen LogP contribution in [0.2, 0.25) is 0 Å². The van der Waals surface area contributed by atoms with Crippen LogP contribution in [0.5, 0.6) is 0 Å². The summed E-state index contributed by atoms with van der Waals surface area (Å²) < 4.78 is 0. The number of hydrogen-bond acceptors (Lipinski definition) is 2. The summed E-state index contributed by atoms with van der Waals surface area (Å²) in [7, 11) is 0. The molecule has 1 aromatic heterocycles.